The van der Waals surface area contributed by atoms with Gasteiger partial charge in [-0.15, -0.1) is 0 Å². The summed E-state index contributed by atoms with van der Waals surface area (Å²) >= 11 is 0. The van der Waals surface area contributed by atoms with Crippen LogP contribution in [0.4, 0.5) is 0 Å². The van der Waals surface area contributed by atoms with Gasteiger partial charge in [0, 0.05) is 6.61 Å². The van der Waals surface area contributed by atoms with Gasteiger partial charge in [0.15, 0.2) is 0 Å². The van der Waals surface area contributed by atoms with Crippen molar-refractivity contribution in [1.29, 1.82) is 0 Å². The molecule has 0 spiro atoms. The van der Waals surface area contributed by atoms with Crippen LogP contribution in [0.2, 0.25) is 6.04 Å². The first-order valence-electron chi connectivity index (χ1n) is 6.70. The van der Waals surface area contributed by atoms with E-state index in [1.165, 1.54) is 12.1 Å². The van der Waals surface area contributed by atoms with Gasteiger partial charge in [-0.05, 0) is 37.0 Å². The molecule has 1 saturated heterocycles. The molecule has 1 atom stereocenters. The van der Waals surface area contributed by atoms with E-state index in [1.54, 1.807) is 12.1 Å². The Morgan fingerprint density at radius 1 is 1.35 bits per heavy atom. The van der Waals surface area contributed by atoms with Crippen LogP contribution < -0.4 is 29.6 Å². The Morgan fingerprint density at radius 2 is 2.00 bits per heavy atom. The van der Waals surface area contributed by atoms with Gasteiger partial charge in [0.1, 0.15) is 0 Å². The molecule has 0 aliphatic carbocycles. The summed E-state index contributed by atoms with van der Waals surface area (Å²) in [6, 6.07) is 7.66. The summed E-state index contributed by atoms with van der Waals surface area (Å²) in [6.07, 6.45) is 3.29. The van der Waals surface area contributed by atoms with Crippen LogP contribution in [0.25, 0.3) is 0 Å². The van der Waals surface area contributed by atoms with Gasteiger partial charge in [0.2, 0.25) is 0 Å². The SMILES string of the molecule is CC[SiH2]C1(c2ccc(S(=O)(=O)O)cc2)CCCCO1.[H-].[Na+]. The molecule has 1 N–H and O–H groups in total. The van der Waals surface area contributed by atoms with Gasteiger partial charge >= 0.3 is 29.6 Å². The molecule has 108 valence electrons. The van der Waals surface area contributed by atoms with Crippen LogP contribution >= 0.6 is 0 Å². The predicted molar refractivity (Wildman–Crippen MR) is 77.9 cm³/mol. The summed E-state index contributed by atoms with van der Waals surface area (Å²) in [5, 5.41) is -0.148. The topological polar surface area (TPSA) is 63.6 Å². The van der Waals surface area contributed by atoms with Gasteiger partial charge in [-0.2, -0.15) is 8.42 Å². The van der Waals surface area contributed by atoms with Crippen molar-refractivity contribution in [3.05, 3.63) is 29.8 Å². The molecule has 1 fully saturated rings. The molecule has 0 aromatic heterocycles. The quantitative estimate of drug-likeness (QED) is 0.571. The summed E-state index contributed by atoms with van der Waals surface area (Å²) in [4.78, 5) is -0.0552. The predicted octanol–water partition coefficient (Wildman–Crippen LogP) is -0.990. The molecule has 7 heteroatoms. The minimum atomic E-state index is -4.11. The van der Waals surface area contributed by atoms with Crippen molar-refractivity contribution in [2.75, 3.05) is 6.61 Å². The Morgan fingerprint density at radius 3 is 2.45 bits per heavy atom. The second-order valence-corrected chi connectivity index (χ2v) is 9.11. The van der Waals surface area contributed by atoms with E-state index in [1.807, 2.05) is 0 Å². The first kappa shape index (κ1) is 18.4. The maximum atomic E-state index is 11.1. The number of benzene rings is 1. The van der Waals surface area contributed by atoms with E-state index in [-0.39, 0.29) is 41.1 Å². The van der Waals surface area contributed by atoms with Crippen molar-refractivity contribution in [2.45, 2.75) is 42.4 Å². The van der Waals surface area contributed by atoms with Crippen LogP contribution in [0, 0.1) is 0 Å². The van der Waals surface area contributed by atoms with Crippen molar-refractivity contribution in [3.8, 4) is 0 Å². The number of hydrogen-bond acceptors (Lipinski definition) is 3. The van der Waals surface area contributed by atoms with E-state index in [9.17, 15) is 8.42 Å². The van der Waals surface area contributed by atoms with Crippen molar-refractivity contribution in [1.82, 2.24) is 0 Å². The Balaban J connectivity index is 0.00000200. The summed E-state index contributed by atoms with van der Waals surface area (Å²) in [6.45, 7) is 2.96. The summed E-state index contributed by atoms with van der Waals surface area (Å²) in [5.41, 5.74) is 1.06. The molecule has 1 unspecified atom stereocenters. The van der Waals surface area contributed by atoms with Gasteiger partial charge in [0.25, 0.3) is 10.1 Å². The minimum Gasteiger partial charge on any atom is -1.00 e. The average Bonchev–Trinajstić information content (AvgIpc) is 2.39. The Bertz CT molecular complexity index is 524. The van der Waals surface area contributed by atoms with Crippen molar-refractivity contribution in [2.24, 2.45) is 0 Å². The second kappa shape index (κ2) is 7.53. The summed E-state index contributed by atoms with van der Waals surface area (Å²) < 4.78 is 37.2. The Kier molecular flexibility index (Phi) is 6.91. The van der Waals surface area contributed by atoms with E-state index < -0.39 is 19.6 Å². The van der Waals surface area contributed by atoms with Gasteiger partial charge in [0.05, 0.1) is 19.6 Å². The van der Waals surface area contributed by atoms with E-state index in [4.69, 9.17) is 9.29 Å². The van der Waals surface area contributed by atoms with E-state index >= 15 is 0 Å². The molecule has 1 heterocycles. The van der Waals surface area contributed by atoms with E-state index in [2.05, 4.69) is 6.92 Å². The number of hydrogen-bond donors (Lipinski definition) is 1. The van der Waals surface area contributed by atoms with Crippen LogP contribution in [-0.4, -0.2) is 29.1 Å². The fourth-order valence-electron chi connectivity index (χ4n) is 2.76. The van der Waals surface area contributed by atoms with E-state index in [0.717, 1.165) is 37.5 Å². The number of ether oxygens (including phenoxy) is 1. The maximum absolute atomic E-state index is 11.1. The molecule has 1 aliphatic heterocycles. The van der Waals surface area contributed by atoms with Crippen LogP contribution in [-0.2, 0) is 20.1 Å². The van der Waals surface area contributed by atoms with Crippen molar-refractivity contribution >= 4 is 19.6 Å². The standard InChI is InChI=1S/C13H20O4SSi.Na.H/c1-2-19-13(9-3-4-10-17-13)11-5-7-12(8-6-11)18(14,15)16;;/h5-8H,2-4,9-10,19H2,1H3,(H,14,15,16);;/q;+1;-1. The first-order valence-corrected chi connectivity index (χ1v) is 9.85. The Labute approximate surface area is 146 Å². The van der Waals surface area contributed by atoms with E-state index in [0.29, 0.717) is 0 Å². The normalized spacial score (nSPS) is 23.7. The molecule has 0 bridgehead atoms. The molecule has 0 amide bonds. The zero-order valence-corrected chi connectivity index (χ0v) is 16.4. The van der Waals surface area contributed by atoms with Gasteiger partial charge in [-0.1, -0.05) is 25.1 Å². The monoisotopic (exact) mass is 324 g/mol. The van der Waals surface area contributed by atoms with Crippen LogP contribution in [0.3, 0.4) is 0 Å². The molecule has 0 saturated carbocycles. The molecule has 2 rings (SSSR count). The second-order valence-electron chi connectivity index (χ2n) is 5.05. The zero-order valence-electron chi connectivity index (χ0n) is 13.1. The molecule has 1 aliphatic rings. The third-order valence-electron chi connectivity index (χ3n) is 3.69. The molecule has 4 nitrogen and oxygen atoms in total. The Hall–Kier alpha value is 0.307. The fourth-order valence-corrected chi connectivity index (χ4v) is 5.36. The first-order chi connectivity index (χ1) is 8.98. The molecule has 1 aromatic carbocycles. The van der Waals surface area contributed by atoms with Gasteiger partial charge in [-0.3, -0.25) is 4.55 Å². The van der Waals surface area contributed by atoms with Crippen molar-refractivity contribution in [3.63, 3.8) is 0 Å². The van der Waals surface area contributed by atoms with Crippen molar-refractivity contribution < 1.29 is 48.7 Å². The smallest absolute Gasteiger partial charge is 1.00 e. The summed E-state index contributed by atoms with van der Waals surface area (Å²) in [7, 11) is -4.52. The largest absolute Gasteiger partial charge is 1.00 e. The zero-order chi connectivity index (χ0) is 13.9. The maximum Gasteiger partial charge on any atom is 1.00 e. The minimum absolute atomic E-state index is 0. The van der Waals surface area contributed by atoms with Crippen LogP contribution in [0.1, 0.15) is 33.2 Å². The van der Waals surface area contributed by atoms with Gasteiger partial charge in [-0.25, -0.2) is 0 Å². The van der Waals surface area contributed by atoms with Crippen LogP contribution in [0.15, 0.2) is 29.2 Å². The third kappa shape index (κ3) is 4.16. The summed E-state index contributed by atoms with van der Waals surface area (Å²) in [5.74, 6) is 0. The van der Waals surface area contributed by atoms with Gasteiger partial charge < -0.3 is 6.16 Å². The molecule has 1 aromatic rings. The molecule has 20 heavy (non-hydrogen) atoms. The molecule has 0 radical (unpaired) electrons. The number of rotatable bonds is 4. The molecular formula is C13H21NaO4SSi. The molecular weight excluding hydrogens is 303 g/mol. The van der Waals surface area contributed by atoms with Crippen LogP contribution in [0.5, 0.6) is 0 Å². The fraction of sp³-hybridized carbons (Fsp3) is 0.538. The third-order valence-corrected chi connectivity index (χ3v) is 6.83. The average molecular weight is 324 g/mol.